The Morgan fingerprint density at radius 3 is 2.84 bits per heavy atom. The second kappa shape index (κ2) is 5.01. The first-order valence-electron chi connectivity index (χ1n) is 6.50. The standard InChI is InChI=1S/C14H16N2O3/c17-14(18)13-15-11-3-1-2-4-12(11)16(13)9-10-5-7-19-8-6-10/h1-4,10H,5-9H2,(H,17,18)/p-1. The minimum atomic E-state index is -1.22. The van der Waals surface area contributed by atoms with Crippen LogP contribution in [0, 0.1) is 5.92 Å². The number of imidazole rings is 1. The third kappa shape index (κ3) is 2.33. The lowest BCUT2D eigenvalue weighted by Crippen LogP contribution is -2.29. The van der Waals surface area contributed by atoms with Crippen molar-refractivity contribution in [3.8, 4) is 0 Å². The number of hydrogen-bond acceptors (Lipinski definition) is 4. The summed E-state index contributed by atoms with van der Waals surface area (Å²) in [5.74, 6) is -0.764. The third-order valence-corrected chi connectivity index (χ3v) is 3.62. The summed E-state index contributed by atoms with van der Waals surface area (Å²) in [5, 5.41) is 11.2. The Morgan fingerprint density at radius 1 is 1.37 bits per heavy atom. The topological polar surface area (TPSA) is 67.2 Å². The summed E-state index contributed by atoms with van der Waals surface area (Å²) in [4.78, 5) is 15.4. The highest BCUT2D eigenvalue weighted by molar-refractivity contribution is 5.88. The maximum atomic E-state index is 11.2. The summed E-state index contributed by atoms with van der Waals surface area (Å²) in [6.45, 7) is 2.16. The lowest BCUT2D eigenvalue weighted by Gasteiger charge is -2.23. The summed E-state index contributed by atoms with van der Waals surface area (Å²) >= 11 is 0. The van der Waals surface area contributed by atoms with E-state index in [0.29, 0.717) is 18.0 Å². The average molecular weight is 259 g/mol. The number of hydrogen-bond donors (Lipinski definition) is 0. The van der Waals surface area contributed by atoms with Gasteiger partial charge in [-0.15, -0.1) is 0 Å². The molecule has 0 amide bonds. The van der Waals surface area contributed by atoms with E-state index < -0.39 is 5.97 Å². The fourth-order valence-electron chi connectivity index (χ4n) is 2.60. The zero-order valence-corrected chi connectivity index (χ0v) is 10.5. The highest BCUT2D eigenvalue weighted by Crippen LogP contribution is 2.22. The molecule has 5 heteroatoms. The molecule has 1 aromatic carbocycles. The number of carbonyl (C=O) groups is 1. The first-order chi connectivity index (χ1) is 9.25. The summed E-state index contributed by atoms with van der Waals surface area (Å²) < 4.78 is 7.10. The molecule has 0 radical (unpaired) electrons. The molecule has 1 aromatic heterocycles. The van der Waals surface area contributed by atoms with Crippen LogP contribution < -0.4 is 5.11 Å². The normalized spacial score (nSPS) is 16.8. The Balaban J connectivity index is 1.99. The van der Waals surface area contributed by atoms with Gasteiger partial charge in [-0.05, 0) is 30.9 Å². The van der Waals surface area contributed by atoms with Crippen molar-refractivity contribution in [2.45, 2.75) is 19.4 Å². The average Bonchev–Trinajstić information content (AvgIpc) is 2.79. The molecule has 0 spiro atoms. The molecule has 0 atom stereocenters. The molecular formula is C14H15N2O3-. The van der Waals surface area contributed by atoms with Gasteiger partial charge in [0.05, 0.1) is 11.0 Å². The number of carbonyl (C=O) groups excluding carboxylic acids is 1. The molecule has 100 valence electrons. The van der Waals surface area contributed by atoms with Crippen LogP contribution in [0.1, 0.15) is 23.5 Å². The largest absolute Gasteiger partial charge is 0.542 e. The van der Waals surface area contributed by atoms with Gasteiger partial charge in [0.2, 0.25) is 0 Å². The van der Waals surface area contributed by atoms with Crippen LogP contribution in [0.2, 0.25) is 0 Å². The molecule has 19 heavy (non-hydrogen) atoms. The van der Waals surface area contributed by atoms with Crippen LogP contribution in [-0.2, 0) is 11.3 Å². The van der Waals surface area contributed by atoms with Crippen LogP contribution in [0.15, 0.2) is 24.3 Å². The smallest absolute Gasteiger partial charge is 0.156 e. The van der Waals surface area contributed by atoms with Crippen LogP contribution in [0.3, 0.4) is 0 Å². The minimum absolute atomic E-state index is 0.0210. The number of nitrogens with zero attached hydrogens (tertiary/aromatic N) is 2. The number of para-hydroxylation sites is 2. The number of fused-ring (bicyclic) bond motifs is 1. The minimum Gasteiger partial charge on any atom is -0.542 e. The summed E-state index contributed by atoms with van der Waals surface area (Å²) in [5.41, 5.74) is 1.56. The molecule has 1 saturated heterocycles. The molecule has 2 aromatic rings. The van der Waals surface area contributed by atoms with Crippen molar-refractivity contribution in [1.82, 2.24) is 9.55 Å². The van der Waals surface area contributed by atoms with Gasteiger partial charge in [-0.2, -0.15) is 0 Å². The number of rotatable bonds is 3. The van der Waals surface area contributed by atoms with Crippen molar-refractivity contribution in [3.05, 3.63) is 30.1 Å². The fourth-order valence-corrected chi connectivity index (χ4v) is 2.60. The fraction of sp³-hybridized carbons (Fsp3) is 0.429. The highest BCUT2D eigenvalue weighted by atomic mass is 16.5. The van der Waals surface area contributed by atoms with Gasteiger partial charge in [-0.25, -0.2) is 4.98 Å². The second-order valence-electron chi connectivity index (χ2n) is 4.88. The Morgan fingerprint density at radius 2 is 2.11 bits per heavy atom. The van der Waals surface area contributed by atoms with Gasteiger partial charge in [0, 0.05) is 19.8 Å². The van der Waals surface area contributed by atoms with E-state index >= 15 is 0 Å². The zero-order chi connectivity index (χ0) is 13.2. The molecule has 3 rings (SSSR count). The van der Waals surface area contributed by atoms with Crippen LogP contribution in [0.4, 0.5) is 0 Å². The lowest BCUT2D eigenvalue weighted by molar-refractivity contribution is -0.256. The maximum Gasteiger partial charge on any atom is 0.156 e. The van der Waals surface area contributed by atoms with Crippen LogP contribution in [-0.4, -0.2) is 28.7 Å². The molecule has 5 nitrogen and oxygen atoms in total. The molecule has 0 unspecified atom stereocenters. The molecule has 1 aliphatic heterocycles. The molecule has 0 aliphatic carbocycles. The van der Waals surface area contributed by atoms with E-state index in [1.54, 1.807) is 4.57 Å². The summed E-state index contributed by atoms with van der Waals surface area (Å²) in [6, 6.07) is 7.47. The molecule has 1 fully saturated rings. The van der Waals surface area contributed by atoms with Gasteiger partial charge in [-0.1, -0.05) is 12.1 Å². The molecule has 1 aliphatic rings. The Kier molecular flexibility index (Phi) is 3.21. The van der Waals surface area contributed by atoms with E-state index in [2.05, 4.69) is 4.98 Å². The van der Waals surface area contributed by atoms with Gasteiger partial charge >= 0.3 is 0 Å². The number of carboxylic acids is 1. The molecule has 0 saturated carbocycles. The van der Waals surface area contributed by atoms with Gasteiger partial charge < -0.3 is 19.2 Å². The lowest BCUT2D eigenvalue weighted by atomic mass is 10.0. The highest BCUT2D eigenvalue weighted by Gasteiger charge is 2.18. The van der Waals surface area contributed by atoms with Gasteiger partial charge in [0.15, 0.2) is 5.82 Å². The maximum absolute atomic E-state index is 11.2. The van der Waals surface area contributed by atoms with Crippen LogP contribution in [0.25, 0.3) is 11.0 Å². The van der Waals surface area contributed by atoms with E-state index in [1.807, 2.05) is 24.3 Å². The van der Waals surface area contributed by atoms with Gasteiger partial charge in [-0.3, -0.25) is 0 Å². The zero-order valence-electron chi connectivity index (χ0n) is 10.5. The van der Waals surface area contributed by atoms with Gasteiger partial charge in [0.25, 0.3) is 0 Å². The number of ether oxygens (including phenoxy) is 1. The van der Waals surface area contributed by atoms with Crippen molar-refractivity contribution in [3.63, 3.8) is 0 Å². The van der Waals surface area contributed by atoms with Crippen molar-refractivity contribution in [1.29, 1.82) is 0 Å². The van der Waals surface area contributed by atoms with Crippen LogP contribution >= 0.6 is 0 Å². The van der Waals surface area contributed by atoms with Crippen molar-refractivity contribution in [2.24, 2.45) is 5.92 Å². The monoisotopic (exact) mass is 259 g/mol. The van der Waals surface area contributed by atoms with Crippen molar-refractivity contribution in [2.75, 3.05) is 13.2 Å². The third-order valence-electron chi connectivity index (χ3n) is 3.62. The van der Waals surface area contributed by atoms with E-state index in [1.165, 1.54) is 0 Å². The summed E-state index contributed by atoms with van der Waals surface area (Å²) in [6.07, 6.45) is 1.91. The Labute approximate surface area is 110 Å². The molecule has 2 heterocycles. The van der Waals surface area contributed by atoms with Crippen molar-refractivity contribution >= 4 is 17.0 Å². The van der Waals surface area contributed by atoms with E-state index in [0.717, 1.165) is 31.6 Å². The van der Waals surface area contributed by atoms with Crippen molar-refractivity contribution < 1.29 is 14.6 Å². The Bertz CT molecular complexity index is 600. The first-order valence-corrected chi connectivity index (χ1v) is 6.50. The Hall–Kier alpha value is -1.88. The quantitative estimate of drug-likeness (QED) is 0.818. The number of aromatic carboxylic acids is 1. The molecular weight excluding hydrogens is 244 g/mol. The van der Waals surface area contributed by atoms with E-state index in [-0.39, 0.29) is 5.82 Å². The molecule has 0 N–H and O–H groups in total. The van der Waals surface area contributed by atoms with Gasteiger partial charge in [0.1, 0.15) is 5.97 Å². The number of carboxylic acid groups (broad SMARTS) is 1. The number of aromatic nitrogens is 2. The predicted octanol–water partition coefficient (Wildman–Crippen LogP) is 0.826. The number of benzene rings is 1. The predicted molar refractivity (Wildman–Crippen MR) is 67.6 cm³/mol. The van der Waals surface area contributed by atoms with E-state index in [4.69, 9.17) is 4.74 Å². The first kappa shape index (κ1) is 12.2. The van der Waals surface area contributed by atoms with E-state index in [9.17, 15) is 9.90 Å². The SMILES string of the molecule is O=C([O-])c1nc2ccccc2n1CC1CCOCC1. The van der Waals surface area contributed by atoms with Crippen LogP contribution in [0.5, 0.6) is 0 Å². The molecule has 0 bridgehead atoms. The summed E-state index contributed by atoms with van der Waals surface area (Å²) in [7, 11) is 0. The second-order valence-corrected chi connectivity index (χ2v) is 4.88.